The molecule has 1 aromatic heterocycles. The molecule has 80 valence electrons. The van der Waals surface area contributed by atoms with E-state index in [1.807, 2.05) is 13.0 Å². The molecular weight excluding hydrogens is 210 g/mol. The van der Waals surface area contributed by atoms with Gasteiger partial charge in [-0.1, -0.05) is 0 Å². The Morgan fingerprint density at radius 2 is 2.60 bits per heavy atom. The third-order valence-corrected chi connectivity index (χ3v) is 3.27. The van der Waals surface area contributed by atoms with Crippen molar-refractivity contribution in [1.82, 2.24) is 10.3 Å². The molecule has 0 spiro atoms. The average molecular weight is 223 g/mol. The number of pyridine rings is 1. The van der Waals surface area contributed by atoms with Gasteiger partial charge >= 0.3 is 0 Å². The lowest BCUT2D eigenvalue weighted by molar-refractivity contribution is -0.117. The van der Waals surface area contributed by atoms with Crippen LogP contribution in [0.5, 0.6) is 0 Å². The van der Waals surface area contributed by atoms with Crippen LogP contribution < -0.4 is 10.6 Å². The zero-order chi connectivity index (χ0) is 10.7. The van der Waals surface area contributed by atoms with Crippen LogP contribution in [-0.2, 0) is 4.79 Å². The molecule has 1 amide bonds. The molecule has 2 heterocycles. The predicted molar refractivity (Wildman–Crippen MR) is 61.9 cm³/mol. The number of aromatic nitrogens is 1. The van der Waals surface area contributed by atoms with Gasteiger partial charge in [-0.2, -0.15) is 0 Å². The van der Waals surface area contributed by atoms with E-state index < -0.39 is 0 Å². The van der Waals surface area contributed by atoms with Crippen LogP contribution in [0.1, 0.15) is 5.56 Å². The maximum atomic E-state index is 11.8. The lowest BCUT2D eigenvalue weighted by Crippen LogP contribution is -2.37. The second kappa shape index (κ2) is 4.63. The fourth-order valence-electron chi connectivity index (χ4n) is 1.38. The number of nitrogens with one attached hydrogen (secondary N) is 2. The summed E-state index contributed by atoms with van der Waals surface area (Å²) >= 11 is 1.74. The summed E-state index contributed by atoms with van der Waals surface area (Å²) in [7, 11) is 0. The monoisotopic (exact) mass is 223 g/mol. The topological polar surface area (TPSA) is 54.0 Å². The first-order chi connectivity index (χ1) is 7.27. The maximum absolute atomic E-state index is 11.8. The first kappa shape index (κ1) is 10.4. The van der Waals surface area contributed by atoms with Crippen LogP contribution in [0, 0.1) is 6.92 Å². The summed E-state index contributed by atoms with van der Waals surface area (Å²) in [6.07, 6.45) is 3.39. The van der Waals surface area contributed by atoms with Crippen LogP contribution >= 0.6 is 11.8 Å². The Labute approximate surface area is 92.9 Å². The molecule has 15 heavy (non-hydrogen) atoms. The van der Waals surface area contributed by atoms with Gasteiger partial charge in [0.05, 0.1) is 17.9 Å². The number of rotatable bonds is 2. The van der Waals surface area contributed by atoms with Crippen molar-refractivity contribution in [2.45, 2.75) is 13.0 Å². The highest BCUT2D eigenvalue weighted by Gasteiger charge is 2.22. The third-order valence-electron chi connectivity index (χ3n) is 2.33. The molecule has 0 radical (unpaired) electrons. The molecule has 5 heteroatoms. The molecule has 1 aromatic rings. The van der Waals surface area contributed by atoms with Crippen LogP contribution in [0.4, 0.5) is 5.69 Å². The molecule has 1 saturated heterocycles. The van der Waals surface area contributed by atoms with Crippen molar-refractivity contribution < 1.29 is 4.79 Å². The highest BCUT2D eigenvalue weighted by atomic mass is 32.2. The Kier molecular flexibility index (Phi) is 3.23. The molecule has 0 aromatic carbocycles. The Morgan fingerprint density at radius 1 is 1.73 bits per heavy atom. The lowest BCUT2D eigenvalue weighted by atomic mass is 10.2. The summed E-state index contributed by atoms with van der Waals surface area (Å²) in [6.45, 7) is 1.95. The molecule has 1 aliphatic rings. The van der Waals surface area contributed by atoms with Crippen LogP contribution in [0.3, 0.4) is 0 Å². The van der Waals surface area contributed by atoms with Gasteiger partial charge < -0.3 is 5.32 Å². The van der Waals surface area contributed by atoms with E-state index in [2.05, 4.69) is 15.6 Å². The second-order valence-corrected chi connectivity index (χ2v) is 4.48. The molecular formula is C10H13N3OS. The van der Waals surface area contributed by atoms with E-state index in [0.29, 0.717) is 0 Å². The van der Waals surface area contributed by atoms with E-state index in [1.165, 1.54) is 0 Å². The second-order valence-electron chi connectivity index (χ2n) is 3.45. The van der Waals surface area contributed by atoms with E-state index in [0.717, 1.165) is 22.9 Å². The first-order valence-corrected chi connectivity index (χ1v) is 5.95. The van der Waals surface area contributed by atoms with Gasteiger partial charge in [0, 0.05) is 17.8 Å². The summed E-state index contributed by atoms with van der Waals surface area (Å²) in [4.78, 5) is 15.7. The van der Waals surface area contributed by atoms with E-state index in [9.17, 15) is 4.79 Å². The molecule has 1 unspecified atom stereocenters. The molecule has 1 aliphatic heterocycles. The van der Waals surface area contributed by atoms with Gasteiger partial charge in [-0.15, -0.1) is 11.8 Å². The standard InChI is InChI=1S/C10H13N3OS/c1-7-2-3-11-4-8(7)13-10(14)9-5-15-6-12-9/h2-4,9,12H,5-6H2,1H3,(H,13,14). The van der Waals surface area contributed by atoms with Crippen molar-refractivity contribution in [3.05, 3.63) is 24.0 Å². The summed E-state index contributed by atoms with van der Waals surface area (Å²) < 4.78 is 0. The number of hydrogen-bond acceptors (Lipinski definition) is 4. The van der Waals surface area contributed by atoms with Crippen molar-refractivity contribution in [2.75, 3.05) is 16.9 Å². The SMILES string of the molecule is Cc1ccncc1NC(=O)C1CSCN1. The fraction of sp³-hybridized carbons (Fsp3) is 0.400. The first-order valence-electron chi connectivity index (χ1n) is 4.80. The van der Waals surface area contributed by atoms with Crippen LogP contribution in [-0.4, -0.2) is 28.6 Å². The van der Waals surface area contributed by atoms with Gasteiger partial charge in [0.25, 0.3) is 0 Å². The Hall–Kier alpha value is -1.07. The number of carbonyl (C=O) groups is 1. The molecule has 0 bridgehead atoms. The van der Waals surface area contributed by atoms with Gasteiger partial charge in [-0.05, 0) is 18.6 Å². The third kappa shape index (κ3) is 2.49. The molecule has 2 rings (SSSR count). The highest BCUT2D eigenvalue weighted by Crippen LogP contribution is 2.14. The molecule has 4 nitrogen and oxygen atoms in total. The van der Waals surface area contributed by atoms with E-state index in [-0.39, 0.29) is 11.9 Å². The minimum Gasteiger partial charge on any atom is -0.323 e. The van der Waals surface area contributed by atoms with Crippen LogP contribution in [0.15, 0.2) is 18.5 Å². The van der Waals surface area contributed by atoms with Gasteiger partial charge in [-0.3, -0.25) is 15.1 Å². The smallest absolute Gasteiger partial charge is 0.242 e. The minimum absolute atomic E-state index is 0.0242. The predicted octanol–water partition coefficient (Wildman–Crippen LogP) is 0.991. The summed E-state index contributed by atoms with van der Waals surface area (Å²) in [5.74, 6) is 1.71. The van der Waals surface area contributed by atoms with Gasteiger partial charge in [0.15, 0.2) is 0 Å². The Morgan fingerprint density at radius 3 is 3.27 bits per heavy atom. The Balaban J connectivity index is 2.02. The highest BCUT2D eigenvalue weighted by molar-refractivity contribution is 7.99. The molecule has 1 fully saturated rings. The van der Waals surface area contributed by atoms with Crippen LogP contribution in [0.25, 0.3) is 0 Å². The molecule has 2 N–H and O–H groups in total. The lowest BCUT2D eigenvalue weighted by Gasteiger charge is -2.11. The number of hydrogen-bond donors (Lipinski definition) is 2. The van der Waals surface area contributed by atoms with Crippen molar-refractivity contribution in [1.29, 1.82) is 0 Å². The fourth-order valence-corrected chi connectivity index (χ4v) is 2.32. The van der Waals surface area contributed by atoms with E-state index >= 15 is 0 Å². The van der Waals surface area contributed by atoms with Crippen molar-refractivity contribution in [2.24, 2.45) is 0 Å². The van der Waals surface area contributed by atoms with Crippen molar-refractivity contribution >= 4 is 23.4 Å². The molecule has 1 atom stereocenters. The summed E-state index contributed by atoms with van der Waals surface area (Å²) in [5, 5.41) is 6.00. The normalized spacial score (nSPS) is 20.2. The van der Waals surface area contributed by atoms with Crippen molar-refractivity contribution in [3.8, 4) is 0 Å². The van der Waals surface area contributed by atoms with E-state index in [1.54, 1.807) is 24.2 Å². The number of amides is 1. The summed E-state index contributed by atoms with van der Waals surface area (Å²) in [5.41, 5.74) is 1.82. The Bertz CT molecular complexity index is 363. The number of thioether (sulfide) groups is 1. The summed E-state index contributed by atoms with van der Waals surface area (Å²) in [6, 6.07) is 1.81. The number of anilines is 1. The zero-order valence-electron chi connectivity index (χ0n) is 8.49. The quantitative estimate of drug-likeness (QED) is 0.785. The molecule has 0 aliphatic carbocycles. The average Bonchev–Trinajstić information content (AvgIpc) is 2.74. The van der Waals surface area contributed by atoms with Crippen LogP contribution in [0.2, 0.25) is 0 Å². The largest absolute Gasteiger partial charge is 0.323 e. The van der Waals surface area contributed by atoms with Gasteiger partial charge in [-0.25, -0.2) is 0 Å². The number of nitrogens with zero attached hydrogens (tertiary/aromatic N) is 1. The number of carbonyl (C=O) groups excluding carboxylic acids is 1. The minimum atomic E-state index is -0.0744. The maximum Gasteiger partial charge on any atom is 0.242 e. The van der Waals surface area contributed by atoms with Gasteiger partial charge in [0.1, 0.15) is 0 Å². The zero-order valence-corrected chi connectivity index (χ0v) is 9.30. The van der Waals surface area contributed by atoms with Crippen molar-refractivity contribution in [3.63, 3.8) is 0 Å². The van der Waals surface area contributed by atoms with E-state index in [4.69, 9.17) is 0 Å². The number of aryl methyl sites for hydroxylation is 1. The molecule has 0 saturated carbocycles. The van der Waals surface area contributed by atoms with Gasteiger partial charge in [0.2, 0.25) is 5.91 Å².